The topological polar surface area (TPSA) is 105 Å². The molecule has 2 aromatic rings. The first-order valence-corrected chi connectivity index (χ1v) is 9.73. The van der Waals surface area contributed by atoms with Crippen LogP contribution in [0.4, 0.5) is 11.4 Å². The highest BCUT2D eigenvalue weighted by molar-refractivity contribution is 6.05. The summed E-state index contributed by atoms with van der Waals surface area (Å²) in [7, 11) is 0. The summed E-state index contributed by atoms with van der Waals surface area (Å²) >= 11 is 0. The van der Waals surface area contributed by atoms with Crippen LogP contribution in [0.5, 0.6) is 5.75 Å². The second kappa shape index (κ2) is 9.69. The minimum absolute atomic E-state index is 0.0253. The Kier molecular flexibility index (Phi) is 6.79. The maximum Gasteiger partial charge on any atom is 0.255 e. The number of anilines is 2. The molecule has 1 fully saturated rings. The van der Waals surface area contributed by atoms with Gasteiger partial charge in [-0.1, -0.05) is 0 Å². The summed E-state index contributed by atoms with van der Waals surface area (Å²) in [5, 5.41) is 5.49. The lowest BCUT2D eigenvalue weighted by Gasteiger charge is -2.13. The van der Waals surface area contributed by atoms with Gasteiger partial charge in [-0.15, -0.1) is 0 Å². The summed E-state index contributed by atoms with van der Waals surface area (Å²) in [6.45, 7) is 2.55. The highest BCUT2D eigenvalue weighted by Gasteiger charge is 2.28. The van der Waals surface area contributed by atoms with Gasteiger partial charge in [0, 0.05) is 42.7 Å². The summed E-state index contributed by atoms with van der Waals surface area (Å²) < 4.78 is 5.37. The molecular formula is C22H23N3O5. The number of rotatable bonds is 8. The third-order valence-electron chi connectivity index (χ3n) is 4.57. The third kappa shape index (κ3) is 5.44. The number of likely N-dealkylation sites (tertiary alicyclic amines) is 1. The summed E-state index contributed by atoms with van der Waals surface area (Å²) in [5.41, 5.74) is 1.61. The van der Waals surface area contributed by atoms with E-state index in [0.29, 0.717) is 23.5 Å². The Balaban J connectivity index is 1.50. The van der Waals surface area contributed by atoms with E-state index in [9.17, 15) is 19.2 Å². The van der Waals surface area contributed by atoms with Crippen molar-refractivity contribution in [3.05, 3.63) is 54.1 Å². The van der Waals surface area contributed by atoms with Crippen molar-refractivity contribution in [3.63, 3.8) is 0 Å². The van der Waals surface area contributed by atoms with Gasteiger partial charge in [-0.3, -0.25) is 24.1 Å². The summed E-state index contributed by atoms with van der Waals surface area (Å²) in [6.07, 6.45) is 0.443. The predicted octanol–water partition coefficient (Wildman–Crippen LogP) is 2.82. The molecule has 1 aliphatic heterocycles. The van der Waals surface area contributed by atoms with Gasteiger partial charge in [0.2, 0.25) is 17.7 Å². The Morgan fingerprint density at radius 3 is 2.07 bits per heavy atom. The van der Waals surface area contributed by atoms with E-state index in [-0.39, 0.29) is 49.4 Å². The fourth-order valence-electron chi connectivity index (χ4n) is 3.02. The first kappa shape index (κ1) is 21.0. The number of imide groups is 1. The number of benzene rings is 2. The van der Waals surface area contributed by atoms with Crippen molar-refractivity contribution < 1.29 is 23.9 Å². The molecule has 1 heterocycles. The van der Waals surface area contributed by atoms with Crippen molar-refractivity contribution in [1.29, 1.82) is 0 Å². The molecule has 0 unspecified atom stereocenters. The highest BCUT2D eigenvalue weighted by atomic mass is 16.5. The number of nitrogens with one attached hydrogen (secondary N) is 2. The molecule has 30 heavy (non-hydrogen) atoms. The zero-order chi connectivity index (χ0) is 21.5. The number of carbonyl (C=O) groups is 4. The predicted molar refractivity (Wildman–Crippen MR) is 111 cm³/mol. The van der Waals surface area contributed by atoms with Crippen molar-refractivity contribution in [3.8, 4) is 5.75 Å². The minimum atomic E-state index is -0.311. The maximum atomic E-state index is 12.4. The summed E-state index contributed by atoms with van der Waals surface area (Å²) in [6, 6.07) is 13.5. The number of amides is 4. The molecule has 0 spiro atoms. The summed E-state index contributed by atoms with van der Waals surface area (Å²) in [4.78, 5) is 48.7. The fourth-order valence-corrected chi connectivity index (χ4v) is 3.02. The third-order valence-corrected chi connectivity index (χ3v) is 4.57. The average Bonchev–Trinajstić information content (AvgIpc) is 3.06. The molecule has 1 aliphatic rings. The van der Waals surface area contributed by atoms with Crippen molar-refractivity contribution in [2.24, 2.45) is 0 Å². The van der Waals surface area contributed by atoms with Crippen molar-refractivity contribution >= 4 is 35.0 Å². The molecule has 3 rings (SSSR count). The van der Waals surface area contributed by atoms with Gasteiger partial charge in [-0.2, -0.15) is 0 Å². The van der Waals surface area contributed by atoms with Crippen LogP contribution < -0.4 is 15.4 Å². The van der Waals surface area contributed by atoms with Crippen molar-refractivity contribution in [2.45, 2.75) is 26.2 Å². The Hall–Kier alpha value is -3.68. The quantitative estimate of drug-likeness (QED) is 0.653. The SMILES string of the molecule is CCOc1ccc(NC(=O)c2ccc(NC(=O)CCN3C(=O)CCC3=O)cc2)cc1. The number of hydrogen-bond acceptors (Lipinski definition) is 5. The van der Waals surface area contributed by atoms with Crippen LogP contribution in [0.25, 0.3) is 0 Å². The molecule has 0 radical (unpaired) electrons. The van der Waals surface area contributed by atoms with Crippen LogP contribution in [-0.2, 0) is 14.4 Å². The van der Waals surface area contributed by atoms with E-state index in [4.69, 9.17) is 4.74 Å². The Morgan fingerprint density at radius 1 is 0.900 bits per heavy atom. The van der Waals surface area contributed by atoms with Crippen LogP contribution in [0.2, 0.25) is 0 Å². The first-order valence-electron chi connectivity index (χ1n) is 9.73. The van der Waals surface area contributed by atoms with Crippen LogP contribution in [0, 0.1) is 0 Å². The van der Waals surface area contributed by atoms with Crippen LogP contribution >= 0.6 is 0 Å². The highest BCUT2D eigenvalue weighted by Crippen LogP contribution is 2.17. The van der Waals surface area contributed by atoms with E-state index in [2.05, 4.69) is 10.6 Å². The molecule has 8 heteroatoms. The lowest BCUT2D eigenvalue weighted by molar-refractivity contribution is -0.138. The fraction of sp³-hybridized carbons (Fsp3) is 0.273. The number of carbonyl (C=O) groups excluding carboxylic acids is 4. The van der Waals surface area contributed by atoms with E-state index in [1.165, 1.54) is 0 Å². The van der Waals surface area contributed by atoms with E-state index in [1.807, 2.05) is 6.92 Å². The lowest BCUT2D eigenvalue weighted by Crippen LogP contribution is -2.32. The number of hydrogen-bond donors (Lipinski definition) is 2. The Morgan fingerprint density at radius 2 is 1.47 bits per heavy atom. The number of ether oxygens (including phenoxy) is 1. The van der Waals surface area contributed by atoms with Gasteiger partial charge >= 0.3 is 0 Å². The normalized spacial score (nSPS) is 13.3. The molecule has 156 valence electrons. The van der Waals surface area contributed by atoms with E-state index in [1.54, 1.807) is 48.5 Å². The van der Waals surface area contributed by atoms with Gasteiger partial charge in [0.25, 0.3) is 5.91 Å². The standard InChI is InChI=1S/C22H23N3O5/c1-2-30-18-9-7-17(8-10-18)24-22(29)15-3-5-16(6-4-15)23-19(26)13-14-25-20(27)11-12-21(25)28/h3-10H,2,11-14H2,1H3,(H,23,26)(H,24,29). The van der Waals surface area contributed by atoms with Crippen LogP contribution in [0.1, 0.15) is 36.5 Å². The van der Waals surface area contributed by atoms with Crippen molar-refractivity contribution in [1.82, 2.24) is 4.90 Å². The van der Waals surface area contributed by atoms with E-state index in [0.717, 1.165) is 10.6 Å². The number of nitrogens with zero attached hydrogens (tertiary/aromatic N) is 1. The van der Waals surface area contributed by atoms with Crippen LogP contribution in [-0.4, -0.2) is 41.7 Å². The average molecular weight is 409 g/mol. The zero-order valence-corrected chi connectivity index (χ0v) is 16.6. The lowest BCUT2D eigenvalue weighted by atomic mass is 10.2. The molecule has 4 amide bonds. The van der Waals surface area contributed by atoms with Crippen molar-refractivity contribution in [2.75, 3.05) is 23.8 Å². The molecule has 0 saturated carbocycles. The smallest absolute Gasteiger partial charge is 0.255 e. The van der Waals surface area contributed by atoms with Gasteiger partial charge < -0.3 is 15.4 Å². The van der Waals surface area contributed by atoms with E-state index < -0.39 is 0 Å². The minimum Gasteiger partial charge on any atom is -0.494 e. The molecule has 0 aromatic heterocycles. The van der Waals surface area contributed by atoms with Gasteiger partial charge in [0.1, 0.15) is 5.75 Å². The van der Waals surface area contributed by atoms with E-state index >= 15 is 0 Å². The Bertz CT molecular complexity index is 922. The molecule has 2 aromatic carbocycles. The van der Waals surface area contributed by atoms with Crippen LogP contribution in [0.15, 0.2) is 48.5 Å². The summed E-state index contributed by atoms with van der Waals surface area (Å²) in [5.74, 6) is -0.336. The maximum absolute atomic E-state index is 12.4. The molecule has 1 saturated heterocycles. The van der Waals surface area contributed by atoms with Gasteiger partial charge in [0.15, 0.2) is 0 Å². The second-order valence-corrected chi connectivity index (χ2v) is 6.73. The molecule has 0 aliphatic carbocycles. The molecule has 0 atom stereocenters. The largest absolute Gasteiger partial charge is 0.494 e. The monoisotopic (exact) mass is 409 g/mol. The van der Waals surface area contributed by atoms with Crippen LogP contribution in [0.3, 0.4) is 0 Å². The molecular weight excluding hydrogens is 386 g/mol. The first-order chi connectivity index (χ1) is 14.5. The van der Waals surface area contributed by atoms with Gasteiger partial charge in [-0.25, -0.2) is 0 Å². The molecule has 8 nitrogen and oxygen atoms in total. The Labute approximate surface area is 174 Å². The second-order valence-electron chi connectivity index (χ2n) is 6.73. The zero-order valence-electron chi connectivity index (χ0n) is 16.6. The van der Waals surface area contributed by atoms with Gasteiger partial charge in [0.05, 0.1) is 6.61 Å². The van der Waals surface area contributed by atoms with Gasteiger partial charge in [-0.05, 0) is 55.5 Å². The molecule has 2 N–H and O–H groups in total. The molecule has 0 bridgehead atoms.